The summed E-state index contributed by atoms with van der Waals surface area (Å²) in [6.07, 6.45) is 0.0375. The van der Waals surface area contributed by atoms with Crippen LogP contribution in [0.15, 0.2) is 118 Å². The molecule has 0 amide bonds. The zero-order chi connectivity index (χ0) is 22.0. The molecule has 0 aromatic heterocycles. The number of rotatable bonds is 7. The van der Waals surface area contributed by atoms with Crippen molar-refractivity contribution in [3.63, 3.8) is 0 Å². The zero-order valence-electron chi connectivity index (χ0n) is 17.3. The van der Waals surface area contributed by atoms with Gasteiger partial charge in [-0.3, -0.25) is 0 Å². The van der Waals surface area contributed by atoms with Gasteiger partial charge in [-0.15, -0.1) is 0 Å². The molecule has 4 aromatic carbocycles. The molecule has 0 aliphatic carbocycles. The Hall–Kier alpha value is -2.24. The molecule has 32 heavy (non-hydrogen) atoms. The predicted molar refractivity (Wildman–Crippen MR) is 135 cm³/mol. The Morgan fingerprint density at radius 1 is 0.656 bits per heavy atom. The third-order valence-corrected chi connectivity index (χ3v) is 6.72. The summed E-state index contributed by atoms with van der Waals surface area (Å²) >= 11 is 7.15. The van der Waals surface area contributed by atoms with Crippen molar-refractivity contribution in [3.05, 3.63) is 140 Å². The lowest BCUT2D eigenvalue weighted by atomic mass is 9.80. The summed E-state index contributed by atoms with van der Waals surface area (Å²) in [5, 5.41) is 0. The van der Waals surface area contributed by atoms with Crippen LogP contribution >= 0.6 is 31.9 Å². The average molecular weight is 550 g/mol. The van der Waals surface area contributed by atoms with Gasteiger partial charge in [-0.2, -0.15) is 0 Å². The monoisotopic (exact) mass is 548 g/mol. The first-order valence-electron chi connectivity index (χ1n) is 10.6. The van der Waals surface area contributed by atoms with Gasteiger partial charge in [0.15, 0.2) is 0 Å². The molecule has 1 aliphatic heterocycles. The van der Waals surface area contributed by atoms with Gasteiger partial charge in [-0.1, -0.05) is 123 Å². The Bertz CT molecular complexity index is 1060. The largest absolute Gasteiger partial charge is 0.362 e. The minimum absolute atomic E-state index is 0.00621. The van der Waals surface area contributed by atoms with E-state index in [4.69, 9.17) is 9.47 Å². The first-order valence-corrected chi connectivity index (χ1v) is 12.2. The van der Waals surface area contributed by atoms with Crippen molar-refractivity contribution >= 4 is 31.9 Å². The van der Waals surface area contributed by atoms with Gasteiger partial charge in [0.2, 0.25) is 0 Å². The second-order valence-electron chi connectivity index (χ2n) is 7.89. The van der Waals surface area contributed by atoms with Crippen LogP contribution in [0.5, 0.6) is 0 Å². The van der Waals surface area contributed by atoms with Crippen molar-refractivity contribution in [2.45, 2.75) is 17.8 Å². The number of halogens is 2. The molecule has 160 valence electrons. The molecule has 0 N–H and O–H groups in total. The molecule has 1 heterocycles. The Morgan fingerprint density at radius 3 is 1.53 bits per heavy atom. The quantitative estimate of drug-likeness (QED) is 0.174. The van der Waals surface area contributed by atoms with E-state index in [1.807, 2.05) is 24.3 Å². The molecule has 0 bridgehead atoms. The molecule has 0 saturated carbocycles. The third kappa shape index (κ3) is 4.33. The van der Waals surface area contributed by atoms with E-state index in [0.717, 1.165) is 31.2 Å². The molecule has 1 saturated heterocycles. The maximum absolute atomic E-state index is 6.88. The Balaban J connectivity index is 1.51. The summed E-state index contributed by atoms with van der Waals surface area (Å²) in [4.78, 5) is 0. The fourth-order valence-corrected chi connectivity index (χ4v) is 5.61. The van der Waals surface area contributed by atoms with Gasteiger partial charge in [0.25, 0.3) is 0 Å². The van der Waals surface area contributed by atoms with Crippen molar-refractivity contribution in [1.29, 1.82) is 0 Å². The highest BCUT2D eigenvalue weighted by Crippen LogP contribution is 2.45. The number of hydrogen-bond acceptors (Lipinski definition) is 2. The number of benzene rings is 4. The molecular formula is C28H22Br2O2. The van der Waals surface area contributed by atoms with Crippen LogP contribution in [0.25, 0.3) is 0 Å². The number of hydrogen-bond donors (Lipinski definition) is 0. The molecule has 1 fully saturated rings. The number of epoxide rings is 1. The normalized spacial score (nSPS) is 17.8. The fourth-order valence-electron chi connectivity index (χ4n) is 4.28. The summed E-state index contributed by atoms with van der Waals surface area (Å²) in [5.41, 5.74) is 3.71. The molecular weight excluding hydrogens is 528 g/mol. The maximum atomic E-state index is 6.88. The molecule has 0 spiro atoms. The first kappa shape index (κ1) is 21.6. The van der Waals surface area contributed by atoms with Crippen LogP contribution in [-0.2, 0) is 15.1 Å². The molecule has 0 unspecified atom stereocenters. The average Bonchev–Trinajstić information content (AvgIpc) is 3.61. The molecule has 1 aliphatic rings. The molecule has 5 rings (SSSR count). The maximum Gasteiger partial charge on any atom is 0.143 e. The van der Waals surface area contributed by atoms with E-state index in [2.05, 4.69) is 117 Å². The van der Waals surface area contributed by atoms with Gasteiger partial charge in [0.1, 0.15) is 17.8 Å². The van der Waals surface area contributed by atoms with Crippen LogP contribution in [0.4, 0.5) is 0 Å². The summed E-state index contributed by atoms with van der Waals surface area (Å²) in [5.74, 6) is 0. The Morgan fingerprint density at radius 2 is 1.09 bits per heavy atom. The van der Waals surface area contributed by atoms with E-state index in [9.17, 15) is 0 Å². The van der Waals surface area contributed by atoms with Crippen molar-refractivity contribution < 1.29 is 9.47 Å². The molecule has 4 heteroatoms. The van der Waals surface area contributed by atoms with Gasteiger partial charge in [0.05, 0.1) is 6.61 Å². The Kier molecular flexibility index (Phi) is 6.29. The first-order chi connectivity index (χ1) is 15.7. The third-order valence-electron chi connectivity index (χ3n) is 5.80. The highest BCUT2D eigenvalue weighted by atomic mass is 79.9. The standard InChI is InChI=1S/C28H22Br2O2/c29-24-16-20(17-25(30)18-24)27-26(32-27)19-31-28(21-10-4-1-5-11-21,22-12-6-2-7-13-22)23-14-8-3-9-15-23/h1-18,26-27H,19H2/t26-,27+/m0/s1. The van der Waals surface area contributed by atoms with Gasteiger partial charge in [-0.25, -0.2) is 0 Å². The van der Waals surface area contributed by atoms with E-state index < -0.39 is 5.60 Å². The van der Waals surface area contributed by atoms with E-state index in [1.54, 1.807) is 0 Å². The van der Waals surface area contributed by atoms with E-state index in [-0.39, 0.29) is 12.2 Å². The smallest absolute Gasteiger partial charge is 0.143 e. The predicted octanol–water partition coefficient (Wildman–Crippen LogP) is 7.66. The molecule has 2 nitrogen and oxygen atoms in total. The minimum atomic E-state index is -0.724. The molecule has 0 radical (unpaired) electrons. The van der Waals surface area contributed by atoms with E-state index >= 15 is 0 Å². The van der Waals surface area contributed by atoms with Crippen LogP contribution in [0.2, 0.25) is 0 Å². The number of ether oxygens (including phenoxy) is 2. The summed E-state index contributed by atoms with van der Waals surface area (Å²) in [7, 11) is 0. The highest BCUT2D eigenvalue weighted by Gasteiger charge is 2.45. The van der Waals surface area contributed by atoms with Crippen LogP contribution in [0.3, 0.4) is 0 Å². The summed E-state index contributed by atoms with van der Waals surface area (Å²) < 4.78 is 15.0. The van der Waals surface area contributed by atoms with Gasteiger partial charge in [-0.05, 0) is 40.5 Å². The topological polar surface area (TPSA) is 21.8 Å². The van der Waals surface area contributed by atoms with Crippen molar-refractivity contribution in [2.24, 2.45) is 0 Å². The van der Waals surface area contributed by atoms with Gasteiger partial charge < -0.3 is 9.47 Å². The lowest BCUT2D eigenvalue weighted by Crippen LogP contribution is -2.34. The lowest BCUT2D eigenvalue weighted by molar-refractivity contribution is 0.00427. The second-order valence-corrected chi connectivity index (χ2v) is 9.72. The van der Waals surface area contributed by atoms with Crippen molar-refractivity contribution in [1.82, 2.24) is 0 Å². The van der Waals surface area contributed by atoms with Gasteiger partial charge >= 0.3 is 0 Å². The van der Waals surface area contributed by atoms with E-state index in [0.29, 0.717) is 6.61 Å². The second kappa shape index (κ2) is 9.32. The summed E-state index contributed by atoms with van der Waals surface area (Å²) in [6, 6.07) is 37.6. The van der Waals surface area contributed by atoms with Gasteiger partial charge in [0, 0.05) is 8.95 Å². The summed E-state index contributed by atoms with van der Waals surface area (Å²) in [6.45, 7) is 0.480. The zero-order valence-corrected chi connectivity index (χ0v) is 20.5. The van der Waals surface area contributed by atoms with Crippen molar-refractivity contribution in [2.75, 3.05) is 6.61 Å². The Labute approximate surface area is 205 Å². The minimum Gasteiger partial charge on any atom is -0.362 e. The fraction of sp³-hybridized carbons (Fsp3) is 0.143. The van der Waals surface area contributed by atoms with Crippen LogP contribution in [0, 0.1) is 0 Å². The highest BCUT2D eigenvalue weighted by molar-refractivity contribution is 9.11. The lowest BCUT2D eigenvalue weighted by Gasteiger charge is -2.35. The van der Waals surface area contributed by atoms with Crippen LogP contribution in [0.1, 0.15) is 28.4 Å². The molecule has 4 aromatic rings. The SMILES string of the molecule is Brc1cc(Br)cc([C@H]2O[C@H]2COC(c2ccccc2)(c2ccccc2)c2ccccc2)c1. The van der Waals surface area contributed by atoms with Crippen molar-refractivity contribution in [3.8, 4) is 0 Å². The van der Waals surface area contributed by atoms with Crippen LogP contribution in [-0.4, -0.2) is 12.7 Å². The molecule has 2 atom stereocenters. The van der Waals surface area contributed by atoms with E-state index in [1.165, 1.54) is 0 Å². The van der Waals surface area contributed by atoms with Crippen LogP contribution < -0.4 is 0 Å².